The van der Waals surface area contributed by atoms with Crippen molar-refractivity contribution in [1.29, 1.82) is 0 Å². The van der Waals surface area contributed by atoms with Gasteiger partial charge in [-0.1, -0.05) is 6.07 Å². The van der Waals surface area contributed by atoms with Gasteiger partial charge in [-0.25, -0.2) is 18.3 Å². The van der Waals surface area contributed by atoms with Crippen LogP contribution >= 0.6 is 0 Å². The van der Waals surface area contributed by atoms with E-state index in [-0.39, 0.29) is 41.3 Å². The fraction of sp³-hybridized carbons (Fsp3) is 0.259. The van der Waals surface area contributed by atoms with Crippen molar-refractivity contribution in [2.45, 2.75) is 32.2 Å². The van der Waals surface area contributed by atoms with Crippen LogP contribution in [0, 0.1) is 19.7 Å². The van der Waals surface area contributed by atoms with Gasteiger partial charge in [0.2, 0.25) is 0 Å². The molecule has 3 N–H and O–H groups in total. The number of hydrogen-bond acceptors (Lipinski definition) is 5. The number of fused-ring (bicyclic) bond motifs is 1. The van der Waals surface area contributed by atoms with Crippen LogP contribution in [-0.2, 0) is 6.18 Å². The van der Waals surface area contributed by atoms with Crippen molar-refractivity contribution in [3.05, 3.63) is 82.4 Å². The number of alkyl halides is 4. The molecule has 2 aromatic carbocycles. The van der Waals surface area contributed by atoms with E-state index in [1.807, 2.05) is 0 Å². The number of benzene rings is 2. The first-order valence-electron chi connectivity index (χ1n) is 12.2. The molecule has 0 bridgehead atoms. The zero-order valence-electron chi connectivity index (χ0n) is 21.3. The maximum atomic E-state index is 14.9. The number of aromatic nitrogens is 3. The highest BCUT2D eigenvalue weighted by molar-refractivity contribution is 5.98. The molecule has 4 aromatic rings. The van der Waals surface area contributed by atoms with Crippen molar-refractivity contribution in [3.8, 4) is 11.3 Å². The third kappa shape index (κ3) is 4.82. The lowest BCUT2D eigenvalue weighted by molar-refractivity contribution is -0.136. The Morgan fingerprint density at radius 1 is 1.05 bits per heavy atom. The van der Waals surface area contributed by atoms with Gasteiger partial charge in [0.15, 0.2) is 5.82 Å². The Morgan fingerprint density at radius 2 is 1.75 bits per heavy atom. The first-order valence-corrected chi connectivity index (χ1v) is 12.2. The molecule has 40 heavy (non-hydrogen) atoms. The summed E-state index contributed by atoms with van der Waals surface area (Å²) in [5.74, 6) is -2.03. The van der Waals surface area contributed by atoms with E-state index in [0.717, 1.165) is 29.0 Å². The van der Waals surface area contributed by atoms with Gasteiger partial charge >= 0.3 is 6.18 Å². The number of nitrogens with zero attached hydrogens (tertiary/aromatic N) is 4. The Balaban J connectivity index is 1.44. The number of nitrogens with two attached hydrogens (primary N) is 1. The lowest BCUT2D eigenvalue weighted by Crippen LogP contribution is -2.42. The highest BCUT2D eigenvalue weighted by atomic mass is 19.4. The zero-order chi connectivity index (χ0) is 28.9. The van der Waals surface area contributed by atoms with Crippen LogP contribution in [0.2, 0.25) is 0 Å². The number of likely N-dealkylation sites (tertiary alicyclic amines) is 1. The predicted molar refractivity (Wildman–Crippen MR) is 136 cm³/mol. The van der Waals surface area contributed by atoms with Crippen molar-refractivity contribution in [2.24, 2.45) is 0 Å². The van der Waals surface area contributed by atoms with Gasteiger partial charge in [0.25, 0.3) is 11.8 Å². The SMILES string of the molecule is Cc1cc(C)c(-c2cc(C(F)(F)F)c3c(N)ncnn23)cc1C(=O)N[C@@H]1CN(C(=O)c2ccc(F)cc2)C[C@@H]1F. The van der Waals surface area contributed by atoms with E-state index < -0.39 is 47.1 Å². The number of aryl methyl sites for hydroxylation is 2. The van der Waals surface area contributed by atoms with Crippen LogP contribution in [0.4, 0.5) is 27.8 Å². The Kier molecular flexibility index (Phi) is 6.68. The van der Waals surface area contributed by atoms with Gasteiger partial charge in [-0.15, -0.1) is 0 Å². The minimum Gasteiger partial charge on any atom is -0.382 e. The third-order valence-electron chi connectivity index (χ3n) is 6.92. The molecule has 1 fully saturated rings. The summed E-state index contributed by atoms with van der Waals surface area (Å²) in [6, 6.07) is 7.76. The number of amides is 2. The molecule has 0 saturated carbocycles. The van der Waals surface area contributed by atoms with E-state index in [4.69, 9.17) is 5.73 Å². The lowest BCUT2D eigenvalue weighted by atomic mass is 9.97. The molecule has 208 valence electrons. The summed E-state index contributed by atoms with van der Waals surface area (Å²) < 4.78 is 70.5. The zero-order valence-corrected chi connectivity index (χ0v) is 21.3. The number of rotatable bonds is 4. The molecule has 2 amide bonds. The van der Waals surface area contributed by atoms with E-state index in [9.17, 15) is 31.5 Å². The molecule has 0 aliphatic carbocycles. The van der Waals surface area contributed by atoms with Crippen molar-refractivity contribution < 1.29 is 31.5 Å². The summed E-state index contributed by atoms with van der Waals surface area (Å²) in [7, 11) is 0. The second-order valence-electron chi connectivity index (χ2n) is 9.64. The van der Waals surface area contributed by atoms with Crippen LogP contribution < -0.4 is 11.1 Å². The van der Waals surface area contributed by atoms with Crippen molar-refractivity contribution >= 4 is 23.1 Å². The maximum absolute atomic E-state index is 14.9. The smallest absolute Gasteiger partial charge is 0.382 e. The monoisotopic (exact) mass is 558 g/mol. The number of carbonyl (C=O) groups excluding carboxylic acids is 2. The summed E-state index contributed by atoms with van der Waals surface area (Å²) in [5, 5.41) is 6.56. The van der Waals surface area contributed by atoms with Gasteiger partial charge in [0, 0.05) is 23.2 Å². The first-order chi connectivity index (χ1) is 18.8. The molecule has 5 rings (SSSR count). The first kappa shape index (κ1) is 27.0. The molecule has 0 unspecified atom stereocenters. The minimum absolute atomic E-state index is 0.0447. The van der Waals surface area contributed by atoms with Crippen LogP contribution in [0.3, 0.4) is 0 Å². The standard InChI is InChI=1S/C27H23F5N6O2/c1-13-7-14(2)18(8-17(13)22-9-19(27(30,31)32)23-24(33)34-12-35-38(22)23)25(39)36-21-11-37(10-20(21)29)26(40)15-3-5-16(28)6-4-15/h3-9,12,20-21H,10-11H2,1-2H3,(H,36,39)(H2,33,34,35)/t20-,21+/m0/s1. The number of nitrogen functional groups attached to an aromatic ring is 1. The largest absolute Gasteiger partial charge is 0.418 e. The summed E-state index contributed by atoms with van der Waals surface area (Å²) in [6.07, 6.45) is -5.28. The van der Waals surface area contributed by atoms with E-state index in [0.29, 0.717) is 11.1 Å². The van der Waals surface area contributed by atoms with Gasteiger partial charge in [0.05, 0.1) is 23.8 Å². The Bertz CT molecular complexity index is 1630. The van der Waals surface area contributed by atoms with Crippen LogP contribution in [-0.4, -0.2) is 56.6 Å². The Hall–Kier alpha value is -4.55. The van der Waals surface area contributed by atoms with Crippen LogP contribution in [0.1, 0.15) is 37.4 Å². The molecule has 8 nitrogen and oxygen atoms in total. The predicted octanol–water partition coefficient (Wildman–Crippen LogP) is 4.35. The number of carbonyl (C=O) groups is 2. The molecular weight excluding hydrogens is 535 g/mol. The van der Waals surface area contributed by atoms with Gasteiger partial charge in [-0.05, 0) is 61.4 Å². The third-order valence-corrected chi connectivity index (χ3v) is 6.92. The van der Waals surface area contributed by atoms with Gasteiger partial charge < -0.3 is 16.0 Å². The number of halogens is 5. The topological polar surface area (TPSA) is 106 Å². The average Bonchev–Trinajstić information content (AvgIpc) is 3.46. The lowest BCUT2D eigenvalue weighted by Gasteiger charge is -2.18. The van der Waals surface area contributed by atoms with E-state index in [2.05, 4.69) is 15.4 Å². The number of nitrogens with one attached hydrogen (secondary N) is 1. The Labute approximate surface area is 224 Å². The van der Waals surface area contributed by atoms with Gasteiger partial charge in [-0.3, -0.25) is 9.59 Å². The molecule has 1 aliphatic heterocycles. The average molecular weight is 559 g/mol. The second-order valence-corrected chi connectivity index (χ2v) is 9.64. The molecule has 1 saturated heterocycles. The highest BCUT2D eigenvalue weighted by Crippen LogP contribution is 2.39. The van der Waals surface area contributed by atoms with Crippen LogP contribution in [0.15, 0.2) is 48.8 Å². The maximum Gasteiger partial charge on any atom is 0.418 e. The quantitative estimate of drug-likeness (QED) is 0.363. The van der Waals surface area contributed by atoms with Gasteiger partial charge in [-0.2, -0.15) is 18.3 Å². The summed E-state index contributed by atoms with van der Waals surface area (Å²) >= 11 is 0. The Morgan fingerprint density at radius 3 is 2.42 bits per heavy atom. The number of hydrogen-bond donors (Lipinski definition) is 2. The number of anilines is 1. The fourth-order valence-corrected chi connectivity index (χ4v) is 4.94. The summed E-state index contributed by atoms with van der Waals surface area (Å²) in [4.78, 5) is 30.9. The highest BCUT2D eigenvalue weighted by Gasteiger charge is 2.38. The van der Waals surface area contributed by atoms with Gasteiger partial charge in [0.1, 0.15) is 23.8 Å². The summed E-state index contributed by atoms with van der Waals surface area (Å²) in [6.45, 7) is 2.94. The van der Waals surface area contributed by atoms with Crippen molar-refractivity contribution in [3.63, 3.8) is 0 Å². The van der Waals surface area contributed by atoms with Crippen LogP contribution in [0.25, 0.3) is 16.8 Å². The van der Waals surface area contributed by atoms with Crippen LogP contribution in [0.5, 0.6) is 0 Å². The molecular formula is C27H23F5N6O2. The van der Waals surface area contributed by atoms with Crippen molar-refractivity contribution in [2.75, 3.05) is 18.8 Å². The van der Waals surface area contributed by atoms with E-state index >= 15 is 0 Å². The molecule has 3 heterocycles. The molecule has 1 aliphatic rings. The summed E-state index contributed by atoms with van der Waals surface area (Å²) in [5.41, 5.74) is 6.02. The molecule has 0 radical (unpaired) electrons. The minimum atomic E-state index is -4.74. The van der Waals surface area contributed by atoms with E-state index in [1.165, 1.54) is 23.1 Å². The second kappa shape index (κ2) is 9.88. The molecule has 2 atom stereocenters. The molecule has 2 aromatic heterocycles. The fourth-order valence-electron chi connectivity index (χ4n) is 4.94. The van der Waals surface area contributed by atoms with Crippen molar-refractivity contribution in [1.82, 2.24) is 24.8 Å². The normalized spacial score (nSPS) is 17.4. The molecule has 0 spiro atoms. The van der Waals surface area contributed by atoms with E-state index in [1.54, 1.807) is 19.9 Å². The molecule has 13 heteroatoms.